The van der Waals surface area contributed by atoms with Gasteiger partial charge in [-0.25, -0.2) is 4.57 Å². The minimum atomic E-state index is 0. The fourth-order valence-corrected chi connectivity index (χ4v) is 3.04. The van der Waals surface area contributed by atoms with E-state index in [1.54, 1.807) is 11.3 Å². The number of fused-ring (bicyclic) bond motifs is 1. The Morgan fingerprint density at radius 2 is 1.86 bits per heavy atom. The third-order valence-corrected chi connectivity index (χ3v) is 4.28. The number of aromatic nitrogens is 1. The average Bonchev–Trinajstić information content (AvgIpc) is 2.75. The number of azo groups is 1. The Hall–Kier alpha value is -1.98. The van der Waals surface area contributed by atoms with Gasteiger partial charge in [0.1, 0.15) is 11.2 Å². The van der Waals surface area contributed by atoms with E-state index in [1.165, 1.54) is 10.2 Å². The van der Waals surface area contributed by atoms with Crippen molar-refractivity contribution in [2.75, 3.05) is 5.73 Å². The SMILES string of the molecule is Cc1cc(N)ccc1N=Nc1sc2ccccc2[n+]1C.[Cl-]. The highest BCUT2D eigenvalue weighted by Gasteiger charge is 2.15. The predicted octanol–water partition coefficient (Wildman–Crippen LogP) is 1.04. The van der Waals surface area contributed by atoms with Gasteiger partial charge in [0, 0.05) is 5.69 Å². The zero-order chi connectivity index (χ0) is 14.1. The Morgan fingerprint density at radius 3 is 2.57 bits per heavy atom. The Balaban J connectivity index is 0.00000161. The molecule has 1 heterocycles. The molecule has 0 amide bonds. The van der Waals surface area contributed by atoms with Crippen molar-refractivity contribution in [2.45, 2.75) is 6.92 Å². The lowest BCUT2D eigenvalue weighted by Crippen LogP contribution is -3.00. The maximum absolute atomic E-state index is 5.74. The Kier molecular flexibility index (Phi) is 4.55. The molecule has 0 fully saturated rings. The van der Waals surface area contributed by atoms with Crippen LogP contribution in [-0.4, -0.2) is 0 Å². The second-order valence-electron chi connectivity index (χ2n) is 4.66. The largest absolute Gasteiger partial charge is 1.00 e. The molecule has 3 rings (SSSR count). The molecular formula is C15H15ClN4S. The summed E-state index contributed by atoms with van der Waals surface area (Å²) in [6.07, 6.45) is 0. The van der Waals surface area contributed by atoms with Crippen LogP contribution >= 0.6 is 11.3 Å². The van der Waals surface area contributed by atoms with Gasteiger partial charge in [0.2, 0.25) is 0 Å². The molecule has 2 aromatic carbocycles. The van der Waals surface area contributed by atoms with Crippen molar-refractivity contribution in [1.29, 1.82) is 0 Å². The van der Waals surface area contributed by atoms with Gasteiger partial charge >= 0.3 is 5.13 Å². The van der Waals surface area contributed by atoms with Crippen LogP contribution in [0.1, 0.15) is 5.56 Å². The first-order chi connectivity index (χ1) is 9.65. The summed E-state index contributed by atoms with van der Waals surface area (Å²) in [5, 5.41) is 9.58. The standard InChI is InChI=1S/C15H14N4S.ClH/c1-10-9-11(16)7-8-12(10)17-18-15-19(2)13-5-3-4-6-14(13)20-15;/h3-9,16H,1-2H3;1H. The molecule has 1 aromatic heterocycles. The van der Waals surface area contributed by atoms with Crippen LogP contribution < -0.4 is 22.7 Å². The first-order valence-electron chi connectivity index (χ1n) is 6.30. The highest BCUT2D eigenvalue weighted by molar-refractivity contribution is 7.21. The van der Waals surface area contributed by atoms with Gasteiger partial charge in [-0.05, 0) is 59.3 Å². The molecule has 0 aliphatic rings. The van der Waals surface area contributed by atoms with E-state index in [1.807, 2.05) is 44.3 Å². The van der Waals surface area contributed by atoms with Gasteiger partial charge < -0.3 is 18.1 Å². The molecule has 108 valence electrons. The number of nitrogens with two attached hydrogens (primary N) is 1. The monoisotopic (exact) mass is 318 g/mol. The zero-order valence-corrected chi connectivity index (χ0v) is 13.3. The van der Waals surface area contributed by atoms with Crippen LogP contribution in [0.4, 0.5) is 16.5 Å². The summed E-state index contributed by atoms with van der Waals surface area (Å²) < 4.78 is 3.26. The van der Waals surface area contributed by atoms with Gasteiger partial charge in [-0.15, -0.1) is 0 Å². The Bertz CT molecular complexity index is 811. The normalized spacial score (nSPS) is 11.0. The number of nitrogens with zero attached hydrogens (tertiary/aromatic N) is 3. The summed E-state index contributed by atoms with van der Waals surface area (Å²) in [5.74, 6) is 0. The van der Waals surface area contributed by atoms with E-state index < -0.39 is 0 Å². The van der Waals surface area contributed by atoms with Crippen molar-refractivity contribution < 1.29 is 17.0 Å². The number of nitrogen functional groups attached to an aromatic ring is 1. The lowest BCUT2D eigenvalue weighted by molar-refractivity contribution is -0.627. The molecule has 6 heteroatoms. The Morgan fingerprint density at radius 1 is 1.10 bits per heavy atom. The van der Waals surface area contributed by atoms with Crippen molar-refractivity contribution in [1.82, 2.24) is 0 Å². The zero-order valence-electron chi connectivity index (χ0n) is 11.7. The van der Waals surface area contributed by atoms with E-state index in [-0.39, 0.29) is 12.4 Å². The van der Waals surface area contributed by atoms with Gasteiger partial charge in [-0.1, -0.05) is 12.1 Å². The van der Waals surface area contributed by atoms with Crippen molar-refractivity contribution in [3.63, 3.8) is 0 Å². The smallest absolute Gasteiger partial charge is 0.409 e. The molecule has 0 unspecified atom stereocenters. The highest BCUT2D eigenvalue weighted by Crippen LogP contribution is 2.28. The topological polar surface area (TPSA) is 54.6 Å². The Labute approximate surface area is 133 Å². The summed E-state index contributed by atoms with van der Waals surface area (Å²) in [7, 11) is 2.00. The number of halogens is 1. The molecule has 4 nitrogen and oxygen atoms in total. The maximum Gasteiger partial charge on any atom is 0.409 e. The predicted molar refractivity (Wildman–Crippen MR) is 82.8 cm³/mol. The summed E-state index contributed by atoms with van der Waals surface area (Å²) in [5.41, 5.74) is 9.52. The molecule has 2 N–H and O–H groups in total. The second-order valence-corrected chi connectivity index (χ2v) is 5.67. The lowest BCUT2D eigenvalue weighted by atomic mass is 10.2. The van der Waals surface area contributed by atoms with Crippen LogP contribution in [0.2, 0.25) is 0 Å². The molecule has 0 spiro atoms. The lowest BCUT2D eigenvalue weighted by Gasteiger charge is -1.97. The van der Waals surface area contributed by atoms with Crippen LogP contribution in [0.5, 0.6) is 0 Å². The number of rotatable bonds is 2. The van der Waals surface area contributed by atoms with Gasteiger partial charge in [0.15, 0.2) is 0 Å². The van der Waals surface area contributed by atoms with Gasteiger partial charge in [0.25, 0.3) is 0 Å². The molecule has 0 bridgehead atoms. The minimum absolute atomic E-state index is 0. The van der Waals surface area contributed by atoms with Crippen molar-refractivity contribution in [3.8, 4) is 0 Å². The van der Waals surface area contributed by atoms with Crippen LogP contribution in [0.15, 0.2) is 52.7 Å². The van der Waals surface area contributed by atoms with E-state index in [2.05, 4.69) is 26.9 Å². The first-order valence-corrected chi connectivity index (χ1v) is 7.12. The molecule has 0 aliphatic carbocycles. The van der Waals surface area contributed by atoms with E-state index in [0.717, 1.165) is 22.1 Å². The van der Waals surface area contributed by atoms with Crippen molar-refractivity contribution >= 4 is 38.1 Å². The molecule has 0 atom stereocenters. The highest BCUT2D eigenvalue weighted by atomic mass is 35.5. The third-order valence-electron chi connectivity index (χ3n) is 3.18. The van der Waals surface area contributed by atoms with E-state index in [4.69, 9.17) is 5.73 Å². The molecular weight excluding hydrogens is 304 g/mol. The first kappa shape index (κ1) is 15.4. The number of benzene rings is 2. The van der Waals surface area contributed by atoms with Crippen molar-refractivity contribution in [2.24, 2.45) is 17.3 Å². The molecule has 0 saturated heterocycles. The third kappa shape index (κ3) is 3.04. The second kappa shape index (κ2) is 6.20. The maximum atomic E-state index is 5.74. The molecule has 0 aliphatic heterocycles. The summed E-state index contributed by atoms with van der Waals surface area (Å²) in [4.78, 5) is 0. The fraction of sp³-hybridized carbons (Fsp3) is 0.133. The van der Waals surface area contributed by atoms with Crippen LogP contribution in [0.3, 0.4) is 0 Å². The quantitative estimate of drug-likeness (QED) is 0.428. The summed E-state index contributed by atoms with van der Waals surface area (Å²) in [6.45, 7) is 1.98. The van der Waals surface area contributed by atoms with E-state index in [9.17, 15) is 0 Å². The summed E-state index contributed by atoms with van der Waals surface area (Å²) >= 11 is 1.63. The van der Waals surface area contributed by atoms with Crippen molar-refractivity contribution in [3.05, 3.63) is 48.0 Å². The van der Waals surface area contributed by atoms with Gasteiger partial charge in [0.05, 0.1) is 16.9 Å². The van der Waals surface area contributed by atoms with Crippen LogP contribution in [0.25, 0.3) is 10.2 Å². The molecule has 3 aromatic rings. The molecule has 21 heavy (non-hydrogen) atoms. The van der Waals surface area contributed by atoms with E-state index in [0.29, 0.717) is 0 Å². The minimum Gasteiger partial charge on any atom is -1.00 e. The number of hydrogen-bond donors (Lipinski definition) is 1. The fourth-order valence-electron chi connectivity index (χ4n) is 2.07. The van der Waals surface area contributed by atoms with E-state index >= 15 is 0 Å². The number of hydrogen-bond acceptors (Lipinski definition) is 4. The van der Waals surface area contributed by atoms with Crippen LogP contribution in [-0.2, 0) is 7.05 Å². The number of thiazole rings is 1. The van der Waals surface area contributed by atoms with Gasteiger partial charge in [-0.3, -0.25) is 0 Å². The van der Waals surface area contributed by atoms with Gasteiger partial charge in [-0.2, -0.15) is 0 Å². The number of aryl methyl sites for hydroxylation is 2. The number of anilines is 1. The van der Waals surface area contributed by atoms with Crippen LogP contribution in [0, 0.1) is 6.92 Å². The number of para-hydroxylation sites is 1. The molecule has 0 saturated carbocycles. The average molecular weight is 319 g/mol. The summed E-state index contributed by atoms with van der Waals surface area (Å²) in [6, 6.07) is 13.9. The molecule has 0 radical (unpaired) electrons.